The predicted molar refractivity (Wildman–Crippen MR) is 212 cm³/mol. The van der Waals surface area contributed by atoms with Gasteiger partial charge < -0.3 is 0 Å². The molecule has 2 heterocycles. The zero-order valence-electron chi connectivity index (χ0n) is 28.3. The van der Waals surface area contributed by atoms with Gasteiger partial charge in [0.05, 0.1) is 22.8 Å². The van der Waals surface area contributed by atoms with Crippen LogP contribution < -0.4 is 0 Å². The maximum absolute atomic E-state index is 5.43. The zero-order valence-corrected chi connectivity index (χ0v) is 29.9. The number of halogens is 1. The first-order valence-corrected chi connectivity index (χ1v) is 18.1. The van der Waals surface area contributed by atoms with E-state index in [9.17, 15) is 0 Å². The summed E-state index contributed by atoms with van der Waals surface area (Å²) in [5.41, 5.74) is 12.5. The molecule has 0 spiro atoms. The Kier molecular flexibility index (Phi) is 8.08. The number of hydrogen-bond acceptors (Lipinski definition) is 2. The molecule has 4 heteroatoms. The van der Waals surface area contributed by atoms with Gasteiger partial charge in [-0.1, -0.05) is 132 Å². The van der Waals surface area contributed by atoms with Crippen LogP contribution in [0.2, 0.25) is 0 Å². The van der Waals surface area contributed by atoms with Crippen LogP contribution in [0.25, 0.3) is 27.4 Å². The molecule has 0 saturated carbocycles. The van der Waals surface area contributed by atoms with E-state index < -0.39 is 0 Å². The lowest BCUT2D eigenvalue weighted by Gasteiger charge is -2.27. The molecule has 0 bridgehead atoms. The molecule has 3 aliphatic rings. The van der Waals surface area contributed by atoms with Crippen molar-refractivity contribution in [2.45, 2.75) is 57.4 Å². The molecule has 49 heavy (non-hydrogen) atoms. The second kappa shape index (κ2) is 12.6. The van der Waals surface area contributed by atoms with Crippen LogP contribution in [-0.2, 0) is 5.41 Å². The molecule has 2 aliphatic carbocycles. The van der Waals surface area contributed by atoms with Gasteiger partial charge in [-0.05, 0) is 83.5 Å². The van der Waals surface area contributed by atoms with Gasteiger partial charge in [0.15, 0.2) is 0 Å². The Bertz CT molecular complexity index is 2310. The van der Waals surface area contributed by atoms with Crippen molar-refractivity contribution in [2.24, 2.45) is 9.98 Å². The SMILES string of the molecule is C=CC/C=C(\C=C/C)C1=NC(n2c3ccc(Br)cc3c3cc4c(cc32)C2CC=C(c3ccccc3)C=C2C4(C)C)=NC(c2ccccc2)C1. The zero-order chi connectivity index (χ0) is 33.7. The summed E-state index contributed by atoms with van der Waals surface area (Å²) in [6.07, 6.45) is 15.8. The van der Waals surface area contributed by atoms with E-state index in [1.165, 1.54) is 44.2 Å². The topological polar surface area (TPSA) is 29.6 Å². The fourth-order valence-corrected chi connectivity index (χ4v) is 8.45. The standard InChI is InChI=1S/C45H40BrN3/c1-5-7-15-30(14-6-2)40-28-41(31-18-12-9-13-19-31)48-44(47-40)49-42-23-21-33(46)25-36(42)37-26-39-35(27-43(37)49)34-22-20-32(24-38(34)45(39,3)4)29-16-10-8-11-17-29/h5-6,8-21,23-27,34,41H,1,7,22,28H2,2-4H3/b14-6-,30-15+. The average molecular weight is 703 g/mol. The lowest BCUT2D eigenvalue weighted by molar-refractivity contribution is 0.614. The van der Waals surface area contributed by atoms with Crippen molar-refractivity contribution in [1.82, 2.24) is 4.57 Å². The van der Waals surface area contributed by atoms with Gasteiger partial charge in [-0.3, -0.25) is 4.57 Å². The number of fused-ring (bicyclic) bond motifs is 6. The number of benzene rings is 4. The largest absolute Gasteiger partial charge is 0.278 e. The Morgan fingerprint density at radius 2 is 1.71 bits per heavy atom. The number of aliphatic imine (C=N–C) groups is 2. The maximum Gasteiger partial charge on any atom is 0.230 e. The summed E-state index contributed by atoms with van der Waals surface area (Å²) >= 11 is 3.79. The number of aromatic nitrogens is 1. The van der Waals surface area contributed by atoms with Gasteiger partial charge in [-0.2, -0.15) is 0 Å². The molecule has 0 fully saturated rings. The summed E-state index contributed by atoms with van der Waals surface area (Å²) in [5, 5.41) is 2.43. The summed E-state index contributed by atoms with van der Waals surface area (Å²) in [4.78, 5) is 10.8. The van der Waals surface area contributed by atoms with Crippen LogP contribution in [0.5, 0.6) is 0 Å². The quantitative estimate of drug-likeness (QED) is 0.125. The van der Waals surface area contributed by atoms with E-state index >= 15 is 0 Å². The van der Waals surface area contributed by atoms with Gasteiger partial charge in [-0.15, -0.1) is 6.58 Å². The third kappa shape index (κ3) is 5.43. The van der Waals surface area contributed by atoms with E-state index in [-0.39, 0.29) is 11.5 Å². The minimum atomic E-state index is -0.0909. The van der Waals surface area contributed by atoms with Crippen LogP contribution in [0.1, 0.15) is 74.2 Å². The molecule has 5 aromatic rings. The monoisotopic (exact) mass is 701 g/mol. The van der Waals surface area contributed by atoms with E-state index in [1.807, 2.05) is 6.08 Å². The maximum atomic E-state index is 5.43. The molecule has 0 radical (unpaired) electrons. The van der Waals surface area contributed by atoms with Gasteiger partial charge in [0.2, 0.25) is 5.96 Å². The first-order valence-electron chi connectivity index (χ1n) is 17.3. The molecule has 3 nitrogen and oxygen atoms in total. The molecule has 8 rings (SSSR count). The second-order valence-corrected chi connectivity index (χ2v) is 14.7. The first-order chi connectivity index (χ1) is 23.9. The summed E-state index contributed by atoms with van der Waals surface area (Å²) in [5.74, 6) is 1.07. The molecule has 1 aliphatic heterocycles. The highest BCUT2D eigenvalue weighted by Gasteiger charge is 2.43. The fourth-order valence-electron chi connectivity index (χ4n) is 8.09. The lowest BCUT2D eigenvalue weighted by atomic mass is 9.77. The van der Waals surface area contributed by atoms with Crippen molar-refractivity contribution in [1.29, 1.82) is 0 Å². The van der Waals surface area contributed by atoms with Crippen molar-refractivity contribution < 1.29 is 0 Å². The van der Waals surface area contributed by atoms with Crippen molar-refractivity contribution in [2.75, 3.05) is 0 Å². The average Bonchev–Trinajstić information content (AvgIpc) is 3.56. The summed E-state index contributed by atoms with van der Waals surface area (Å²) in [6, 6.07) is 32.9. The second-order valence-electron chi connectivity index (χ2n) is 13.8. The van der Waals surface area contributed by atoms with Crippen LogP contribution in [0.15, 0.2) is 160 Å². The van der Waals surface area contributed by atoms with Crippen molar-refractivity contribution in [3.05, 3.63) is 172 Å². The Hall–Kier alpha value is -4.80. The fraction of sp³-hybridized carbons (Fsp3) is 0.200. The van der Waals surface area contributed by atoms with Gasteiger partial charge >= 0.3 is 0 Å². The van der Waals surface area contributed by atoms with Gasteiger partial charge in [0, 0.05) is 33.0 Å². The van der Waals surface area contributed by atoms with Gasteiger partial charge in [0.1, 0.15) is 0 Å². The van der Waals surface area contributed by atoms with E-state index in [4.69, 9.17) is 9.98 Å². The van der Waals surface area contributed by atoms with E-state index in [0.717, 1.165) is 52.0 Å². The normalized spacial score (nSPS) is 20.1. The number of nitrogens with zero attached hydrogens (tertiary/aromatic N) is 3. The third-order valence-corrected chi connectivity index (χ3v) is 11.0. The van der Waals surface area contributed by atoms with Gasteiger partial charge in [0.25, 0.3) is 0 Å². The Labute approximate surface area is 297 Å². The molecule has 2 atom stereocenters. The molecule has 0 amide bonds. The molecule has 242 valence electrons. The Morgan fingerprint density at radius 3 is 2.47 bits per heavy atom. The van der Waals surface area contributed by atoms with Crippen LogP contribution in [0.3, 0.4) is 0 Å². The molecular weight excluding hydrogens is 662 g/mol. The summed E-state index contributed by atoms with van der Waals surface area (Å²) in [7, 11) is 0. The van der Waals surface area contributed by atoms with E-state index in [0.29, 0.717) is 5.92 Å². The lowest BCUT2D eigenvalue weighted by Crippen LogP contribution is -2.21. The highest BCUT2D eigenvalue weighted by atomic mass is 79.9. The van der Waals surface area contributed by atoms with Gasteiger partial charge in [-0.25, -0.2) is 9.98 Å². The predicted octanol–water partition coefficient (Wildman–Crippen LogP) is 12.2. The number of hydrogen-bond donors (Lipinski definition) is 0. The molecule has 4 aromatic carbocycles. The van der Waals surface area contributed by atoms with Crippen LogP contribution >= 0.6 is 15.9 Å². The molecular formula is C45H40BrN3. The minimum absolute atomic E-state index is 0.0492. The highest BCUT2D eigenvalue weighted by Crippen LogP contribution is 2.55. The van der Waals surface area contributed by atoms with Crippen LogP contribution in [0.4, 0.5) is 0 Å². The first kappa shape index (κ1) is 31.5. The van der Waals surface area contributed by atoms with Crippen LogP contribution in [-0.4, -0.2) is 16.2 Å². The Morgan fingerprint density at radius 1 is 0.959 bits per heavy atom. The van der Waals surface area contributed by atoms with Crippen molar-refractivity contribution >= 4 is 55.0 Å². The number of allylic oxidation sites excluding steroid dienone is 9. The van der Waals surface area contributed by atoms with E-state index in [1.54, 1.807) is 0 Å². The smallest absolute Gasteiger partial charge is 0.230 e. The molecule has 2 unspecified atom stereocenters. The Balaban J connectivity index is 1.35. The minimum Gasteiger partial charge on any atom is -0.278 e. The molecule has 1 aromatic heterocycles. The highest BCUT2D eigenvalue weighted by molar-refractivity contribution is 9.10. The molecule has 0 saturated heterocycles. The van der Waals surface area contributed by atoms with Crippen LogP contribution in [0, 0.1) is 0 Å². The van der Waals surface area contributed by atoms with E-state index in [2.05, 4.69) is 169 Å². The summed E-state index contributed by atoms with van der Waals surface area (Å²) in [6.45, 7) is 10.8. The van der Waals surface area contributed by atoms with Crippen molar-refractivity contribution in [3.63, 3.8) is 0 Å². The third-order valence-electron chi connectivity index (χ3n) is 10.5. The summed E-state index contributed by atoms with van der Waals surface area (Å²) < 4.78 is 3.38. The molecule has 0 N–H and O–H groups in total. The number of rotatable bonds is 6. The van der Waals surface area contributed by atoms with Crippen molar-refractivity contribution in [3.8, 4) is 0 Å².